The van der Waals surface area contributed by atoms with Gasteiger partial charge < -0.3 is 10.4 Å². The highest BCUT2D eigenvalue weighted by atomic mass is 32.1. The van der Waals surface area contributed by atoms with E-state index in [0.717, 1.165) is 30.6 Å². The zero-order chi connectivity index (χ0) is 18.0. The van der Waals surface area contributed by atoms with Crippen molar-refractivity contribution in [2.24, 2.45) is 5.92 Å². The van der Waals surface area contributed by atoms with Crippen molar-refractivity contribution in [1.82, 2.24) is 20.1 Å². The van der Waals surface area contributed by atoms with Gasteiger partial charge in [0.15, 0.2) is 10.6 Å². The molecule has 0 aliphatic heterocycles. The normalized spacial score (nSPS) is 18.8. The van der Waals surface area contributed by atoms with Gasteiger partial charge in [0.05, 0.1) is 10.5 Å². The van der Waals surface area contributed by atoms with Gasteiger partial charge in [0.2, 0.25) is 5.91 Å². The minimum atomic E-state index is -0.875. The number of aromatic nitrogens is 3. The lowest BCUT2D eigenvalue weighted by atomic mass is 9.87. The van der Waals surface area contributed by atoms with Gasteiger partial charge in [-0.3, -0.25) is 14.5 Å². The first-order valence-corrected chi connectivity index (χ1v) is 9.90. The number of aliphatic hydroxyl groups is 1. The molecular formula is C17H24N4O2S2. The van der Waals surface area contributed by atoms with Crippen molar-refractivity contribution in [3.05, 3.63) is 22.3 Å². The number of aromatic amines is 1. The molecule has 1 aliphatic carbocycles. The molecule has 6 nitrogen and oxygen atoms in total. The molecule has 25 heavy (non-hydrogen) atoms. The van der Waals surface area contributed by atoms with Crippen LogP contribution in [0.3, 0.4) is 0 Å². The van der Waals surface area contributed by atoms with Crippen LogP contribution in [-0.4, -0.2) is 37.9 Å². The van der Waals surface area contributed by atoms with Crippen LogP contribution in [0.1, 0.15) is 45.6 Å². The van der Waals surface area contributed by atoms with E-state index in [0.29, 0.717) is 10.6 Å². The lowest BCUT2D eigenvalue weighted by Gasteiger charge is -2.30. The van der Waals surface area contributed by atoms with Gasteiger partial charge in [-0.05, 0) is 56.3 Å². The number of carbonyl (C=O) groups excluding carboxylic acids is 1. The molecule has 2 heterocycles. The molecule has 1 fully saturated rings. The van der Waals surface area contributed by atoms with Crippen LogP contribution in [0.5, 0.6) is 0 Å². The van der Waals surface area contributed by atoms with Crippen molar-refractivity contribution in [2.75, 3.05) is 6.54 Å². The number of nitrogens with zero attached hydrogens (tertiary/aromatic N) is 2. The van der Waals surface area contributed by atoms with E-state index in [1.165, 1.54) is 0 Å². The molecule has 2 aromatic rings. The number of nitrogens with one attached hydrogen (secondary N) is 2. The van der Waals surface area contributed by atoms with Crippen molar-refractivity contribution >= 4 is 29.5 Å². The molecule has 0 unspecified atom stereocenters. The Morgan fingerprint density at radius 2 is 2.32 bits per heavy atom. The predicted molar refractivity (Wildman–Crippen MR) is 101 cm³/mol. The predicted octanol–water partition coefficient (Wildman–Crippen LogP) is 3.29. The number of amides is 1. The summed E-state index contributed by atoms with van der Waals surface area (Å²) in [6, 6.07) is 3.37. The Bertz CT molecular complexity index is 773. The first-order chi connectivity index (χ1) is 11.9. The molecule has 0 radical (unpaired) electrons. The lowest BCUT2D eigenvalue weighted by Crippen LogP contribution is -2.46. The summed E-state index contributed by atoms with van der Waals surface area (Å²) in [5.41, 5.74) is -0.875. The summed E-state index contributed by atoms with van der Waals surface area (Å²) in [5.74, 6) is 0.736. The molecule has 0 bridgehead atoms. The Labute approximate surface area is 156 Å². The van der Waals surface area contributed by atoms with Crippen molar-refractivity contribution in [1.29, 1.82) is 0 Å². The van der Waals surface area contributed by atoms with Gasteiger partial charge >= 0.3 is 0 Å². The fourth-order valence-electron chi connectivity index (χ4n) is 3.47. The standard InChI is InChI=1S/C17H24N4O2S2/c1-11(15(22)18-10-17(2,23)12-6-3-4-7-12)21-14(19-20-16(21)24)13-8-5-9-25-13/h5,8-9,11-12,23H,3-4,6-7,10H2,1-2H3,(H,18,22)(H,20,24)/t11-,17-/m1/s1. The molecule has 3 rings (SSSR count). The number of carbonyl (C=O) groups is 1. The molecule has 1 aliphatic rings. The van der Waals surface area contributed by atoms with E-state index >= 15 is 0 Å². The van der Waals surface area contributed by atoms with Crippen LogP contribution in [0.2, 0.25) is 0 Å². The fraction of sp³-hybridized carbons (Fsp3) is 0.588. The quantitative estimate of drug-likeness (QED) is 0.672. The maximum atomic E-state index is 12.6. The molecule has 136 valence electrons. The Morgan fingerprint density at radius 1 is 1.60 bits per heavy atom. The van der Waals surface area contributed by atoms with Gasteiger partial charge in [-0.15, -0.1) is 11.3 Å². The topological polar surface area (TPSA) is 82.9 Å². The monoisotopic (exact) mass is 380 g/mol. The lowest BCUT2D eigenvalue weighted by molar-refractivity contribution is -0.125. The second-order valence-corrected chi connectivity index (χ2v) is 8.27. The van der Waals surface area contributed by atoms with Crippen LogP contribution in [0.25, 0.3) is 10.7 Å². The molecule has 3 N–H and O–H groups in total. The zero-order valence-electron chi connectivity index (χ0n) is 14.5. The Hall–Kier alpha value is -1.51. The van der Waals surface area contributed by atoms with Crippen LogP contribution in [0, 0.1) is 10.7 Å². The van der Waals surface area contributed by atoms with Crippen molar-refractivity contribution < 1.29 is 9.90 Å². The van der Waals surface area contributed by atoms with Gasteiger partial charge in [0.1, 0.15) is 6.04 Å². The Balaban J connectivity index is 1.71. The molecule has 0 saturated heterocycles. The van der Waals surface area contributed by atoms with E-state index in [-0.39, 0.29) is 18.4 Å². The van der Waals surface area contributed by atoms with E-state index in [1.54, 1.807) is 22.8 Å². The SMILES string of the molecule is C[C@H](C(=O)NC[C@@](C)(O)C1CCCC1)n1c(-c2cccs2)n[nH]c1=S. The summed E-state index contributed by atoms with van der Waals surface area (Å²) >= 11 is 6.85. The maximum absolute atomic E-state index is 12.6. The van der Waals surface area contributed by atoms with Crippen LogP contribution in [-0.2, 0) is 4.79 Å². The number of hydrogen-bond donors (Lipinski definition) is 3. The van der Waals surface area contributed by atoms with Gasteiger partial charge in [0.25, 0.3) is 0 Å². The Morgan fingerprint density at radius 3 is 2.96 bits per heavy atom. The molecule has 1 saturated carbocycles. The molecule has 0 aromatic carbocycles. The first kappa shape index (κ1) is 18.3. The molecule has 2 aromatic heterocycles. The van der Waals surface area contributed by atoms with Gasteiger partial charge in [-0.25, -0.2) is 0 Å². The highest BCUT2D eigenvalue weighted by Gasteiger charge is 2.34. The van der Waals surface area contributed by atoms with E-state index in [4.69, 9.17) is 12.2 Å². The van der Waals surface area contributed by atoms with E-state index in [1.807, 2.05) is 24.4 Å². The van der Waals surface area contributed by atoms with Crippen molar-refractivity contribution in [3.8, 4) is 10.7 Å². The third-order valence-electron chi connectivity index (χ3n) is 5.07. The first-order valence-electron chi connectivity index (χ1n) is 8.61. The van der Waals surface area contributed by atoms with Gasteiger partial charge in [-0.1, -0.05) is 18.9 Å². The molecule has 0 spiro atoms. The van der Waals surface area contributed by atoms with E-state index < -0.39 is 11.6 Å². The number of rotatable bonds is 6. The largest absolute Gasteiger partial charge is 0.388 e. The molecule has 8 heteroatoms. The van der Waals surface area contributed by atoms with Crippen molar-refractivity contribution in [3.63, 3.8) is 0 Å². The smallest absolute Gasteiger partial charge is 0.243 e. The van der Waals surface area contributed by atoms with Crippen LogP contribution in [0.15, 0.2) is 17.5 Å². The van der Waals surface area contributed by atoms with Crippen molar-refractivity contribution in [2.45, 2.75) is 51.2 Å². The van der Waals surface area contributed by atoms with E-state index in [2.05, 4.69) is 15.5 Å². The minimum absolute atomic E-state index is 0.173. The summed E-state index contributed by atoms with van der Waals surface area (Å²) in [6.07, 6.45) is 4.35. The highest BCUT2D eigenvalue weighted by molar-refractivity contribution is 7.71. The molecular weight excluding hydrogens is 356 g/mol. The van der Waals surface area contributed by atoms with Gasteiger partial charge in [-0.2, -0.15) is 5.10 Å². The maximum Gasteiger partial charge on any atom is 0.243 e. The third kappa shape index (κ3) is 3.86. The van der Waals surface area contributed by atoms with Crippen LogP contribution in [0.4, 0.5) is 0 Å². The van der Waals surface area contributed by atoms with Crippen LogP contribution >= 0.6 is 23.6 Å². The number of hydrogen-bond acceptors (Lipinski definition) is 5. The molecule has 2 atom stereocenters. The summed E-state index contributed by atoms with van der Waals surface area (Å²) in [6.45, 7) is 3.86. The minimum Gasteiger partial charge on any atom is -0.388 e. The van der Waals surface area contributed by atoms with Gasteiger partial charge in [0, 0.05) is 6.54 Å². The highest BCUT2D eigenvalue weighted by Crippen LogP contribution is 2.33. The third-order valence-corrected chi connectivity index (χ3v) is 6.22. The summed E-state index contributed by atoms with van der Waals surface area (Å²) in [4.78, 5) is 13.6. The second kappa shape index (κ2) is 7.39. The summed E-state index contributed by atoms with van der Waals surface area (Å²) in [7, 11) is 0. The zero-order valence-corrected chi connectivity index (χ0v) is 16.1. The number of H-pyrrole nitrogens is 1. The Kier molecular flexibility index (Phi) is 5.41. The average Bonchev–Trinajstić information content (AvgIpc) is 3.32. The fourth-order valence-corrected chi connectivity index (χ4v) is 4.47. The summed E-state index contributed by atoms with van der Waals surface area (Å²) in [5, 5.41) is 22.6. The average molecular weight is 381 g/mol. The number of thiophene rings is 1. The molecule has 1 amide bonds. The van der Waals surface area contributed by atoms with E-state index in [9.17, 15) is 9.90 Å². The summed E-state index contributed by atoms with van der Waals surface area (Å²) < 4.78 is 2.13. The second-order valence-electron chi connectivity index (χ2n) is 6.93. The van der Waals surface area contributed by atoms with Crippen LogP contribution < -0.4 is 5.32 Å².